The lowest BCUT2D eigenvalue weighted by molar-refractivity contribution is -0.108. The van der Waals surface area contributed by atoms with Crippen molar-refractivity contribution in [3.63, 3.8) is 0 Å². The summed E-state index contributed by atoms with van der Waals surface area (Å²) in [5, 5.41) is 0. The van der Waals surface area contributed by atoms with Crippen molar-refractivity contribution in [3.05, 3.63) is 0 Å². The van der Waals surface area contributed by atoms with Crippen LogP contribution in [0.3, 0.4) is 0 Å². The smallest absolute Gasteiger partial charge is 0.120 e. The molecule has 60 valence electrons. The van der Waals surface area contributed by atoms with E-state index in [1.807, 2.05) is 0 Å². The Hall–Kier alpha value is -0.370. The third-order valence-corrected chi connectivity index (χ3v) is 1.66. The molecule has 2 nitrogen and oxygen atoms in total. The molecule has 0 amide bonds. The Labute approximate surface area is 63.2 Å². The molecule has 0 spiro atoms. The Balaban J connectivity index is 3.35. The van der Waals surface area contributed by atoms with Crippen LogP contribution in [0.2, 0.25) is 0 Å². The van der Waals surface area contributed by atoms with Crippen LogP contribution in [-0.2, 0) is 4.79 Å². The van der Waals surface area contributed by atoms with Crippen LogP contribution in [0.15, 0.2) is 0 Å². The molecular formula is C8H17NO. The summed E-state index contributed by atoms with van der Waals surface area (Å²) in [6.45, 7) is 6.30. The van der Waals surface area contributed by atoms with Crippen molar-refractivity contribution < 1.29 is 4.79 Å². The van der Waals surface area contributed by atoms with Crippen LogP contribution >= 0.6 is 0 Å². The van der Waals surface area contributed by atoms with Gasteiger partial charge in [-0.25, -0.2) is 0 Å². The molecule has 0 radical (unpaired) electrons. The van der Waals surface area contributed by atoms with Crippen LogP contribution in [0.25, 0.3) is 0 Å². The first kappa shape index (κ1) is 9.63. The molecule has 2 heteroatoms. The van der Waals surface area contributed by atoms with Gasteiger partial charge < -0.3 is 9.69 Å². The summed E-state index contributed by atoms with van der Waals surface area (Å²) in [6.07, 6.45) is 1.68. The molecule has 0 bridgehead atoms. The lowest BCUT2D eigenvalue weighted by Crippen LogP contribution is -2.24. The highest BCUT2D eigenvalue weighted by molar-refractivity contribution is 5.49. The van der Waals surface area contributed by atoms with Gasteiger partial charge in [0.05, 0.1) is 0 Å². The first-order valence-corrected chi connectivity index (χ1v) is 3.82. The van der Waals surface area contributed by atoms with Gasteiger partial charge in [-0.2, -0.15) is 0 Å². The highest BCUT2D eigenvalue weighted by Gasteiger charge is 2.02. The number of hydrogen-bond acceptors (Lipinski definition) is 2. The number of carbonyl (C=O) groups is 1. The van der Waals surface area contributed by atoms with E-state index in [9.17, 15) is 4.79 Å². The maximum Gasteiger partial charge on any atom is 0.120 e. The van der Waals surface area contributed by atoms with Gasteiger partial charge >= 0.3 is 0 Å². The molecule has 1 atom stereocenters. The average molecular weight is 143 g/mol. The van der Waals surface area contributed by atoms with Crippen molar-refractivity contribution in [3.8, 4) is 0 Å². The number of rotatable bonds is 5. The molecule has 0 aliphatic heterocycles. The Kier molecular flexibility index (Phi) is 5.22. The minimum Gasteiger partial charge on any atom is -0.306 e. The normalized spacial score (nSPS) is 13.6. The molecule has 0 fully saturated rings. The highest BCUT2D eigenvalue weighted by atomic mass is 16.1. The summed E-state index contributed by atoms with van der Waals surface area (Å²) >= 11 is 0. The van der Waals surface area contributed by atoms with Crippen molar-refractivity contribution >= 4 is 6.29 Å². The van der Waals surface area contributed by atoms with E-state index in [2.05, 4.69) is 25.8 Å². The van der Waals surface area contributed by atoms with Crippen LogP contribution in [0.5, 0.6) is 0 Å². The molecule has 0 heterocycles. The van der Waals surface area contributed by atoms with Gasteiger partial charge in [0, 0.05) is 13.0 Å². The molecular weight excluding hydrogens is 126 g/mol. The van der Waals surface area contributed by atoms with E-state index >= 15 is 0 Å². The second-order valence-corrected chi connectivity index (χ2v) is 2.86. The van der Waals surface area contributed by atoms with Crippen LogP contribution in [0.4, 0.5) is 0 Å². The molecule has 1 unspecified atom stereocenters. The third-order valence-electron chi connectivity index (χ3n) is 1.66. The van der Waals surface area contributed by atoms with Gasteiger partial charge in [-0.05, 0) is 19.5 Å². The Bertz CT molecular complexity index is 93.3. The van der Waals surface area contributed by atoms with Crippen LogP contribution < -0.4 is 0 Å². The molecule has 0 aromatic heterocycles. The molecule has 10 heavy (non-hydrogen) atoms. The lowest BCUT2D eigenvalue weighted by Gasteiger charge is -2.17. The van der Waals surface area contributed by atoms with E-state index in [0.717, 1.165) is 19.4 Å². The number of aldehydes is 1. The van der Waals surface area contributed by atoms with Gasteiger partial charge in [-0.15, -0.1) is 0 Å². The minimum atomic E-state index is 0.502. The minimum absolute atomic E-state index is 0.502. The second kappa shape index (κ2) is 5.42. The summed E-state index contributed by atoms with van der Waals surface area (Å²) in [5.74, 6) is 0.502. The monoisotopic (exact) mass is 143 g/mol. The first-order valence-electron chi connectivity index (χ1n) is 3.82. The predicted octanol–water partition coefficient (Wildman–Crippen LogP) is 1.16. The van der Waals surface area contributed by atoms with E-state index in [-0.39, 0.29) is 0 Å². The molecule has 0 aromatic carbocycles. The number of nitrogens with zero attached hydrogens (tertiary/aromatic N) is 1. The Morgan fingerprint density at radius 2 is 2.20 bits per heavy atom. The summed E-state index contributed by atoms with van der Waals surface area (Å²) in [6, 6.07) is 0. The third kappa shape index (κ3) is 4.50. The van der Waals surface area contributed by atoms with Gasteiger partial charge in [0.1, 0.15) is 6.29 Å². The summed E-state index contributed by atoms with van der Waals surface area (Å²) < 4.78 is 0. The standard InChI is InChI=1S/C8H17NO/c1-4-9(3)7-8(2)5-6-10/h6,8H,4-5,7H2,1-3H3. The molecule has 0 N–H and O–H groups in total. The molecule has 0 aliphatic carbocycles. The number of carbonyl (C=O) groups excluding carboxylic acids is 1. The fourth-order valence-corrected chi connectivity index (χ4v) is 0.900. The van der Waals surface area contributed by atoms with Gasteiger partial charge in [0.2, 0.25) is 0 Å². The van der Waals surface area contributed by atoms with Crippen molar-refractivity contribution in [2.75, 3.05) is 20.1 Å². The summed E-state index contributed by atoms with van der Waals surface area (Å²) in [7, 11) is 2.07. The van der Waals surface area contributed by atoms with E-state index in [0.29, 0.717) is 12.3 Å². The van der Waals surface area contributed by atoms with Crippen LogP contribution in [-0.4, -0.2) is 31.3 Å². The molecule has 0 aliphatic rings. The van der Waals surface area contributed by atoms with Gasteiger partial charge in [-0.3, -0.25) is 0 Å². The van der Waals surface area contributed by atoms with Crippen molar-refractivity contribution in [2.24, 2.45) is 5.92 Å². The van der Waals surface area contributed by atoms with Gasteiger partial charge in [-0.1, -0.05) is 13.8 Å². The summed E-state index contributed by atoms with van der Waals surface area (Å²) in [5.41, 5.74) is 0. The zero-order valence-corrected chi connectivity index (χ0v) is 7.13. The molecule has 0 saturated carbocycles. The quantitative estimate of drug-likeness (QED) is 0.538. The first-order chi connectivity index (χ1) is 4.70. The van der Waals surface area contributed by atoms with Crippen LogP contribution in [0, 0.1) is 5.92 Å². The largest absolute Gasteiger partial charge is 0.306 e. The zero-order chi connectivity index (χ0) is 7.98. The highest BCUT2D eigenvalue weighted by Crippen LogP contribution is 2.00. The molecule has 0 aromatic rings. The number of hydrogen-bond donors (Lipinski definition) is 0. The van der Waals surface area contributed by atoms with E-state index in [1.165, 1.54) is 0 Å². The maximum atomic E-state index is 10.1. The molecule has 0 rings (SSSR count). The van der Waals surface area contributed by atoms with E-state index < -0.39 is 0 Å². The zero-order valence-electron chi connectivity index (χ0n) is 7.13. The van der Waals surface area contributed by atoms with E-state index in [1.54, 1.807) is 0 Å². The van der Waals surface area contributed by atoms with Gasteiger partial charge in [0.25, 0.3) is 0 Å². The second-order valence-electron chi connectivity index (χ2n) is 2.86. The van der Waals surface area contributed by atoms with Gasteiger partial charge in [0.15, 0.2) is 0 Å². The fraction of sp³-hybridized carbons (Fsp3) is 0.875. The van der Waals surface area contributed by atoms with E-state index in [4.69, 9.17) is 0 Å². The fourth-order valence-electron chi connectivity index (χ4n) is 0.900. The maximum absolute atomic E-state index is 10.1. The lowest BCUT2D eigenvalue weighted by atomic mass is 10.1. The van der Waals surface area contributed by atoms with Crippen LogP contribution in [0.1, 0.15) is 20.3 Å². The summed E-state index contributed by atoms with van der Waals surface area (Å²) in [4.78, 5) is 12.3. The molecule has 0 saturated heterocycles. The predicted molar refractivity (Wildman–Crippen MR) is 43.0 cm³/mol. The SMILES string of the molecule is CCN(C)CC(C)CC=O. The Morgan fingerprint density at radius 1 is 1.60 bits per heavy atom. The average Bonchev–Trinajstić information content (AvgIpc) is 1.88. The van der Waals surface area contributed by atoms with Crippen molar-refractivity contribution in [1.82, 2.24) is 4.90 Å². The van der Waals surface area contributed by atoms with Crippen molar-refractivity contribution in [2.45, 2.75) is 20.3 Å². The topological polar surface area (TPSA) is 20.3 Å². The van der Waals surface area contributed by atoms with Crippen molar-refractivity contribution in [1.29, 1.82) is 0 Å². The Morgan fingerprint density at radius 3 is 2.60 bits per heavy atom.